The highest BCUT2D eigenvalue weighted by atomic mass is 15.2. The maximum Gasteiger partial charge on any atom is 0.0714 e. The molecule has 13 aromatic rings. The van der Waals surface area contributed by atoms with Crippen LogP contribution in [0.25, 0.3) is 43.4 Å². The molecule has 16 rings (SSSR count). The highest BCUT2D eigenvalue weighted by molar-refractivity contribution is 6.28. The lowest BCUT2D eigenvalue weighted by molar-refractivity contribution is 0.457. The molecule has 2 nitrogen and oxygen atoms in total. The van der Waals surface area contributed by atoms with Crippen molar-refractivity contribution in [1.29, 1.82) is 0 Å². The second kappa shape index (κ2) is 19.3. The maximum absolute atomic E-state index is 2.57. The van der Waals surface area contributed by atoms with Gasteiger partial charge in [0.05, 0.1) is 33.6 Å². The van der Waals surface area contributed by atoms with Crippen LogP contribution in [0.3, 0.4) is 0 Å². The number of fused-ring (bicyclic) bond motifs is 6. The Bertz CT molecular complexity index is 4730. The van der Waals surface area contributed by atoms with Gasteiger partial charge in [0.1, 0.15) is 0 Å². The number of rotatable bonds is 10. The summed E-state index contributed by atoms with van der Waals surface area (Å²) < 4.78 is 0. The lowest BCUT2D eigenvalue weighted by Gasteiger charge is -2.39. The summed E-state index contributed by atoms with van der Waals surface area (Å²) in [5.74, 6) is 0.455. The molecule has 3 atom stereocenters. The Hall–Kier alpha value is -10.0. The molecule has 0 fully saturated rings. The van der Waals surface area contributed by atoms with E-state index in [1.807, 2.05) is 0 Å². The van der Waals surface area contributed by atoms with Gasteiger partial charge in [-0.05, 0) is 164 Å². The second-order valence-corrected chi connectivity index (χ2v) is 23.6. The predicted octanol–water partition coefficient (Wildman–Crippen LogP) is 21.3. The topological polar surface area (TPSA) is 6.48 Å². The Labute approximate surface area is 492 Å². The minimum atomic E-state index is -0.548. The minimum absolute atomic E-state index is 0.196. The van der Waals surface area contributed by atoms with E-state index in [9.17, 15) is 0 Å². The quantitative estimate of drug-likeness (QED) is 0.126. The fraction of sp³-hybridized carbons (Fsp3) is 0.0976. The van der Waals surface area contributed by atoms with Crippen LogP contribution in [-0.4, -0.2) is 0 Å². The van der Waals surface area contributed by atoms with Gasteiger partial charge in [0.15, 0.2) is 0 Å². The zero-order valence-electron chi connectivity index (χ0n) is 47.8. The number of allylic oxidation sites excluding steroid dienone is 4. The first kappa shape index (κ1) is 49.8. The van der Waals surface area contributed by atoms with Gasteiger partial charge in [-0.1, -0.05) is 255 Å². The predicted molar refractivity (Wildman–Crippen MR) is 353 cm³/mol. The molecular formula is C82H62N2. The normalized spacial score (nSPS) is 17.1. The Balaban J connectivity index is 0.921. The van der Waals surface area contributed by atoms with Crippen molar-refractivity contribution in [3.05, 3.63) is 358 Å². The Morgan fingerprint density at radius 1 is 0.333 bits per heavy atom. The molecule has 3 unspecified atom stereocenters. The summed E-state index contributed by atoms with van der Waals surface area (Å²) in [6, 6.07) is 101. The van der Waals surface area contributed by atoms with E-state index in [0.29, 0.717) is 0 Å². The minimum Gasteiger partial charge on any atom is -0.309 e. The number of hydrogen-bond acceptors (Lipinski definition) is 2. The molecule has 13 aromatic carbocycles. The summed E-state index contributed by atoms with van der Waals surface area (Å²) in [5, 5.41) is 7.39. The number of aryl methyl sites for hydroxylation is 4. The fourth-order valence-electron chi connectivity index (χ4n) is 15.9. The van der Waals surface area contributed by atoms with Crippen LogP contribution in [0.5, 0.6) is 0 Å². The molecule has 0 saturated carbocycles. The number of nitrogens with zero attached hydrogens (tertiary/aromatic N) is 2. The van der Waals surface area contributed by atoms with Crippen LogP contribution in [0.1, 0.15) is 72.7 Å². The van der Waals surface area contributed by atoms with Crippen molar-refractivity contribution in [3.8, 4) is 11.1 Å². The van der Waals surface area contributed by atoms with Crippen molar-refractivity contribution in [3.63, 3.8) is 0 Å². The number of para-hydroxylation sites is 2. The molecule has 84 heavy (non-hydrogen) atoms. The van der Waals surface area contributed by atoms with E-state index in [-0.39, 0.29) is 11.8 Å². The number of benzene rings is 13. The first-order chi connectivity index (χ1) is 41.3. The van der Waals surface area contributed by atoms with E-state index in [4.69, 9.17) is 0 Å². The Morgan fingerprint density at radius 3 is 1.32 bits per heavy atom. The number of anilines is 6. The summed E-state index contributed by atoms with van der Waals surface area (Å²) in [6.07, 6.45) is 9.40. The fourth-order valence-corrected chi connectivity index (χ4v) is 15.9. The zero-order valence-corrected chi connectivity index (χ0v) is 47.8. The third-order valence-electron chi connectivity index (χ3n) is 19.3. The summed E-state index contributed by atoms with van der Waals surface area (Å²) in [7, 11) is 0. The van der Waals surface area contributed by atoms with Gasteiger partial charge in [0.2, 0.25) is 0 Å². The SMILES string of the molecule is Cc1cccc(C)c1N(c1cccc(C2(c3ccccc3)c3ccccc3-c3ccccc32)c1)c1ccc2ccc3c(N(c4cccc(C5(c6ccccc6)c6ccccc6C6C=CC=CC65)c4)c4c(C)cccc4C)ccc4ccc1c2c43. The summed E-state index contributed by atoms with van der Waals surface area (Å²) in [4.78, 5) is 5.14. The van der Waals surface area contributed by atoms with E-state index >= 15 is 0 Å². The molecule has 0 N–H and O–H groups in total. The lowest BCUT2D eigenvalue weighted by atomic mass is 9.63. The maximum atomic E-state index is 2.57. The van der Waals surface area contributed by atoms with E-state index < -0.39 is 10.8 Å². The van der Waals surface area contributed by atoms with Crippen molar-refractivity contribution in [2.24, 2.45) is 5.92 Å². The molecule has 0 heterocycles. The van der Waals surface area contributed by atoms with Crippen molar-refractivity contribution in [1.82, 2.24) is 0 Å². The van der Waals surface area contributed by atoms with Crippen LogP contribution in [0.2, 0.25) is 0 Å². The Morgan fingerprint density at radius 2 is 0.762 bits per heavy atom. The molecule has 0 saturated heterocycles. The average molecular weight is 1080 g/mol. The molecule has 2 heteroatoms. The molecule has 0 radical (unpaired) electrons. The lowest BCUT2D eigenvalue weighted by Crippen LogP contribution is -2.35. The van der Waals surface area contributed by atoms with Crippen molar-refractivity contribution >= 4 is 66.4 Å². The van der Waals surface area contributed by atoms with Crippen molar-refractivity contribution in [2.45, 2.75) is 44.4 Å². The molecular weight excluding hydrogens is 1010 g/mol. The Kier molecular flexibility index (Phi) is 11.4. The highest BCUT2D eigenvalue weighted by Gasteiger charge is 2.53. The van der Waals surface area contributed by atoms with Gasteiger partial charge in [0.25, 0.3) is 0 Å². The first-order valence-corrected chi connectivity index (χ1v) is 29.7. The van der Waals surface area contributed by atoms with E-state index in [2.05, 4.69) is 329 Å². The van der Waals surface area contributed by atoms with Crippen LogP contribution in [0.4, 0.5) is 34.1 Å². The standard InChI is InChI=1S/C82H62N2/c1-53-23-19-24-54(2)79(53)83(63-33-21-31-61(51-63)81(59-27-7-5-8-28-59)71-39-15-11-35-65(71)66-36-12-16-40-72(66)81)75-49-45-57-44-48-70-76(50-46-58-43-47-69(75)77(57)78(58)70)84(80-55(3)25-20-26-56(80)4)64-34-22-32-62(52-64)82(60-29-9-6-10-30-60)73-41-17-13-37-67(73)68-38-14-18-42-74(68)82/h5-52,65,71H,1-4H3. The van der Waals surface area contributed by atoms with Crippen molar-refractivity contribution in [2.75, 3.05) is 9.80 Å². The average Bonchev–Trinajstić information content (AvgIpc) is 1.64. The molecule has 3 aliphatic carbocycles. The molecule has 0 aliphatic heterocycles. The first-order valence-electron chi connectivity index (χ1n) is 29.7. The van der Waals surface area contributed by atoms with Crippen LogP contribution in [0, 0.1) is 33.6 Å². The van der Waals surface area contributed by atoms with Gasteiger partial charge in [-0.2, -0.15) is 0 Å². The highest BCUT2D eigenvalue weighted by Crippen LogP contribution is 2.61. The van der Waals surface area contributed by atoms with Gasteiger partial charge >= 0.3 is 0 Å². The van der Waals surface area contributed by atoms with Crippen LogP contribution in [-0.2, 0) is 10.8 Å². The van der Waals surface area contributed by atoms with Gasteiger partial charge < -0.3 is 9.80 Å². The molecule has 0 spiro atoms. The smallest absolute Gasteiger partial charge is 0.0714 e. The van der Waals surface area contributed by atoms with Crippen LogP contribution >= 0.6 is 0 Å². The van der Waals surface area contributed by atoms with Gasteiger partial charge in [-0.3, -0.25) is 0 Å². The molecule has 3 aliphatic rings. The van der Waals surface area contributed by atoms with Gasteiger partial charge in [-0.15, -0.1) is 0 Å². The molecule has 0 aromatic heterocycles. The van der Waals surface area contributed by atoms with Crippen molar-refractivity contribution < 1.29 is 0 Å². The molecule has 400 valence electrons. The second-order valence-electron chi connectivity index (χ2n) is 23.6. The summed E-state index contributed by atoms with van der Waals surface area (Å²) >= 11 is 0. The molecule has 0 bridgehead atoms. The van der Waals surface area contributed by atoms with E-state index in [1.54, 1.807) is 0 Å². The van der Waals surface area contributed by atoms with Gasteiger partial charge in [-0.25, -0.2) is 0 Å². The summed E-state index contributed by atoms with van der Waals surface area (Å²) in [6.45, 7) is 9.07. The van der Waals surface area contributed by atoms with Crippen LogP contribution < -0.4 is 9.80 Å². The zero-order chi connectivity index (χ0) is 56.3. The largest absolute Gasteiger partial charge is 0.309 e. The van der Waals surface area contributed by atoms with Gasteiger partial charge in [0, 0.05) is 34.0 Å². The third kappa shape index (κ3) is 7.10. The third-order valence-corrected chi connectivity index (χ3v) is 19.3. The van der Waals surface area contributed by atoms with E-state index in [0.717, 1.165) is 22.7 Å². The molecule has 0 amide bonds. The monoisotopic (exact) mass is 1070 g/mol. The summed E-state index contributed by atoms with van der Waals surface area (Å²) in [5.41, 5.74) is 23.9. The van der Waals surface area contributed by atoms with E-state index in [1.165, 1.54) is 122 Å². The van der Waals surface area contributed by atoms with Crippen LogP contribution in [0.15, 0.2) is 291 Å². The number of hydrogen-bond donors (Lipinski definition) is 0.